The van der Waals surface area contributed by atoms with Crippen molar-refractivity contribution < 1.29 is 27.5 Å². The minimum Gasteiger partial charge on any atom is -0.393 e. The molecule has 1 amide bonds. The van der Waals surface area contributed by atoms with Gasteiger partial charge in [0.05, 0.1) is 6.10 Å². The van der Waals surface area contributed by atoms with Crippen LogP contribution in [0.1, 0.15) is 30.6 Å². The largest absolute Gasteiger partial charge is 0.393 e. The molecule has 20 heavy (non-hydrogen) atoms. The number of aliphatic hydroxyl groups is 1. The molecule has 0 fully saturated rings. The van der Waals surface area contributed by atoms with Crippen molar-refractivity contribution in [3.05, 3.63) is 34.9 Å². The summed E-state index contributed by atoms with van der Waals surface area (Å²) < 4.78 is 52.6. The topological polar surface area (TPSA) is 49.3 Å². The number of hydrogen-bond donors (Lipinski definition) is 2. The molecule has 0 aliphatic carbocycles. The first-order valence-electron chi connectivity index (χ1n) is 6.03. The number of carbonyl (C=O) groups is 1. The van der Waals surface area contributed by atoms with Gasteiger partial charge in [-0.05, 0) is 19.3 Å². The molecule has 0 saturated heterocycles. The van der Waals surface area contributed by atoms with E-state index in [0.29, 0.717) is 6.42 Å². The van der Waals surface area contributed by atoms with Crippen molar-refractivity contribution in [3.8, 4) is 0 Å². The van der Waals surface area contributed by atoms with Gasteiger partial charge in [-0.3, -0.25) is 4.79 Å². The summed E-state index contributed by atoms with van der Waals surface area (Å²) in [6.45, 7) is 3.27. The van der Waals surface area contributed by atoms with E-state index in [4.69, 9.17) is 5.11 Å². The average Bonchev–Trinajstić information content (AvgIpc) is 2.33. The summed E-state index contributed by atoms with van der Waals surface area (Å²) in [6, 6.07) is 0.0392. The van der Waals surface area contributed by atoms with E-state index in [-0.39, 0.29) is 18.5 Å². The predicted octanol–water partition coefficient (Wildman–Crippen LogP) is 2.38. The van der Waals surface area contributed by atoms with Crippen molar-refractivity contribution in [3.63, 3.8) is 0 Å². The number of halogens is 4. The summed E-state index contributed by atoms with van der Waals surface area (Å²) in [4.78, 5) is 11.6. The van der Waals surface area contributed by atoms with Crippen LogP contribution < -0.4 is 5.32 Å². The summed E-state index contributed by atoms with van der Waals surface area (Å²) in [7, 11) is 0. The van der Waals surface area contributed by atoms with E-state index >= 15 is 0 Å². The lowest BCUT2D eigenvalue weighted by atomic mass is 10.0. The Kier molecular flexibility index (Phi) is 5.50. The lowest BCUT2D eigenvalue weighted by molar-refractivity contribution is 0.0928. The summed E-state index contributed by atoms with van der Waals surface area (Å²) in [5.41, 5.74) is -1.29. The molecule has 2 unspecified atom stereocenters. The maximum atomic E-state index is 13.3. The highest BCUT2D eigenvalue weighted by molar-refractivity contribution is 5.94. The van der Waals surface area contributed by atoms with Gasteiger partial charge in [-0.25, -0.2) is 17.6 Å². The molecule has 7 heteroatoms. The van der Waals surface area contributed by atoms with Crippen LogP contribution in [0.15, 0.2) is 6.07 Å². The van der Waals surface area contributed by atoms with Crippen molar-refractivity contribution in [1.29, 1.82) is 0 Å². The van der Waals surface area contributed by atoms with E-state index in [9.17, 15) is 22.4 Å². The van der Waals surface area contributed by atoms with Gasteiger partial charge in [-0.15, -0.1) is 0 Å². The van der Waals surface area contributed by atoms with Crippen LogP contribution in [-0.2, 0) is 0 Å². The van der Waals surface area contributed by atoms with Crippen LogP contribution in [0.2, 0.25) is 0 Å². The molecule has 112 valence electrons. The molecular formula is C13H15F4NO2. The van der Waals surface area contributed by atoms with E-state index in [1.54, 1.807) is 13.8 Å². The maximum Gasteiger partial charge on any atom is 0.257 e. The van der Waals surface area contributed by atoms with E-state index in [2.05, 4.69) is 5.32 Å². The van der Waals surface area contributed by atoms with Crippen molar-refractivity contribution in [1.82, 2.24) is 5.32 Å². The Hall–Kier alpha value is -1.63. The van der Waals surface area contributed by atoms with Crippen molar-refractivity contribution >= 4 is 5.91 Å². The number of rotatable bonds is 5. The summed E-state index contributed by atoms with van der Waals surface area (Å²) in [5.74, 6) is -8.13. The van der Waals surface area contributed by atoms with Crippen molar-refractivity contribution in [2.45, 2.75) is 26.4 Å². The monoisotopic (exact) mass is 293 g/mol. The number of aliphatic hydroxyl groups excluding tert-OH is 1. The number of nitrogens with one attached hydrogen (secondary N) is 1. The molecule has 0 aliphatic heterocycles. The number of benzene rings is 1. The van der Waals surface area contributed by atoms with Crippen molar-refractivity contribution in [2.75, 3.05) is 6.54 Å². The van der Waals surface area contributed by atoms with Gasteiger partial charge < -0.3 is 10.4 Å². The quantitative estimate of drug-likeness (QED) is 0.647. The first-order chi connectivity index (χ1) is 9.23. The van der Waals surface area contributed by atoms with E-state index in [0.717, 1.165) is 0 Å². The Balaban J connectivity index is 2.83. The Morgan fingerprint density at radius 1 is 1.20 bits per heavy atom. The zero-order chi connectivity index (χ0) is 15.4. The van der Waals surface area contributed by atoms with Crippen LogP contribution in [-0.4, -0.2) is 23.7 Å². The number of hydrogen-bond acceptors (Lipinski definition) is 2. The maximum absolute atomic E-state index is 13.3. The zero-order valence-electron chi connectivity index (χ0n) is 11.0. The Morgan fingerprint density at radius 2 is 1.70 bits per heavy atom. The second-order valence-electron chi connectivity index (χ2n) is 4.74. The summed E-state index contributed by atoms with van der Waals surface area (Å²) in [5, 5.41) is 11.3. The third-order valence-corrected chi connectivity index (χ3v) is 2.69. The molecule has 0 heterocycles. The Bertz CT molecular complexity index is 479. The molecule has 0 bridgehead atoms. The Labute approximate surface area is 113 Å². The van der Waals surface area contributed by atoms with Gasteiger partial charge in [0.25, 0.3) is 5.91 Å². The smallest absolute Gasteiger partial charge is 0.257 e. The molecule has 2 N–H and O–H groups in total. The van der Waals surface area contributed by atoms with Gasteiger partial charge in [0, 0.05) is 12.6 Å². The van der Waals surface area contributed by atoms with Crippen LogP contribution in [0.3, 0.4) is 0 Å². The number of amides is 1. The molecule has 1 rings (SSSR count). The van der Waals surface area contributed by atoms with Gasteiger partial charge in [0.15, 0.2) is 23.3 Å². The summed E-state index contributed by atoms with van der Waals surface area (Å²) in [6.07, 6.45) is -0.232. The second kappa shape index (κ2) is 6.69. The average molecular weight is 293 g/mol. The van der Waals surface area contributed by atoms with E-state index in [1.807, 2.05) is 0 Å². The van der Waals surface area contributed by atoms with E-state index in [1.165, 1.54) is 0 Å². The Morgan fingerprint density at radius 3 is 2.15 bits per heavy atom. The number of carbonyl (C=O) groups excluding carboxylic acids is 1. The highest BCUT2D eigenvalue weighted by atomic mass is 19.2. The fourth-order valence-electron chi connectivity index (χ4n) is 1.79. The third-order valence-electron chi connectivity index (χ3n) is 2.69. The first-order valence-corrected chi connectivity index (χ1v) is 6.03. The molecule has 3 nitrogen and oxygen atoms in total. The highest BCUT2D eigenvalue weighted by Crippen LogP contribution is 2.19. The standard InChI is InChI=1S/C13H15F4NO2/c1-6(3-7(2)19)5-18-13(20)10-11(16)8(14)4-9(15)12(10)17/h4,6-7,19H,3,5H2,1-2H3,(H,18,20). The molecule has 1 aromatic carbocycles. The minimum atomic E-state index is -1.73. The first kappa shape index (κ1) is 16.4. The minimum absolute atomic E-state index is 0.0146. The van der Waals surface area contributed by atoms with Gasteiger partial charge in [-0.2, -0.15) is 0 Å². The normalized spacial score (nSPS) is 13.9. The fourth-order valence-corrected chi connectivity index (χ4v) is 1.79. The molecule has 2 atom stereocenters. The van der Waals surface area contributed by atoms with Crippen molar-refractivity contribution in [2.24, 2.45) is 5.92 Å². The molecule has 1 aromatic rings. The molecule has 0 spiro atoms. The molecular weight excluding hydrogens is 278 g/mol. The predicted molar refractivity (Wildman–Crippen MR) is 64.1 cm³/mol. The van der Waals surface area contributed by atoms with Gasteiger partial charge in [-0.1, -0.05) is 6.92 Å². The van der Waals surface area contributed by atoms with Crippen LogP contribution in [0.5, 0.6) is 0 Å². The fraction of sp³-hybridized carbons (Fsp3) is 0.462. The third kappa shape index (κ3) is 3.93. The lowest BCUT2D eigenvalue weighted by Crippen LogP contribution is -2.31. The summed E-state index contributed by atoms with van der Waals surface area (Å²) >= 11 is 0. The highest BCUT2D eigenvalue weighted by Gasteiger charge is 2.24. The zero-order valence-corrected chi connectivity index (χ0v) is 11.0. The van der Waals surface area contributed by atoms with Crippen LogP contribution in [0.4, 0.5) is 17.6 Å². The van der Waals surface area contributed by atoms with E-state index < -0.39 is 40.8 Å². The molecule has 0 saturated carbocycles. The van der Waals surface area contributed by atoms with Gasteiger partial charge in [0.2, 0.25) is 0 Å². The van der Waals surface area contributed by atoms with Crippen LogP contribution in [0.25, 0.3) is 0 Å². The van der Waals surface area contributed by atoms with Crippen LogP contribution in [0, 0.1) is 29.2 Å². The van der Waals surface area contributed by atoms with Gasteiger partial charge in [0.1, 0.15) is 5.56 Å². The molecule has 0 aromatic heterocycles. The SMILES string of the molecule is CC(O)CC(C)CNC(=O)c1c(F)c(F)cc(F)c1F. The molecule has 0 aliphatic rings. The lowest BCUT2D eigenvalue weighted by Gasteiger charge is -2.14. The van der Waals surface area contributed by atoms with Gasteiger partial charge >= 0.3 is 0 Å². The second-order valence-corrected chi connectivity index (χ2v) is 4.74. The molecule has 0 radical (unpaired) electrons. The van der Waals surface area contributed by atoms with Crippen LogP contribution >= 0.6 is 0 Å².